The van der Waals surface area contributed by atoms with Gasteiger partial charge in [0.15, 0.2) is 0 Å². The lowest BCUT2D eigenvalue weighted by Gasteiger charge is -2.26. The SMILES string of the molecule is CC(C)(c1ccccc1)c1ccc(OC(=O)NCCCC(CCCCN=C=O)CN=C=O)cc1. The van der Waals surface area contributed by atoms with Crippen LogP contribution in [0, 0.1) is 5.92 Å². The molecule has 0 fully saturated rings. The number of isocyanates is 2. The van der Waals surface area contributed by atoms with Crippen molar-refractivity contribution < 1.29 is 19.1 Å². The van der Waals surface area contributed by atoms with Crippen LogP contribution in [0.1, 0.15) is 57.1 Å². The summed E-state index contributed by atoms with van der Waals surface area (Å²) in [5.41, 5.74) is 2.19. The lowest BCUT2D eigenvalue weighted by Crippen LogP contribution is -2.28. The van der Waals surface area contributed by atoms with Gasteiger partial charge in [0, 0.05) is 12.0 Å². The standard InChI is InChI=1S/C27H33N3O4/c1-27(2,23-11-4-3-5-12-23)24-13-15-25(16-14-24)34-26(33)30-18-8-10-22(19-29-21-32)9-6-7-17-28-20-31/h3-5,11-16,22H,6-10,17-19H2,1-2H3,(H,30,33). The minimum Gasteiger partial charge on any atom is -0.410 e. The first kappa shape index (κ1) is 26.7. The van der Waals surface area contributed by atoms with E-state index in [1.54, 1.807) is 6.08 Å². The van der Waals surface area contributed by atoms with Crippen LogP contribution in [-0.2, 0) is 15.0 Å². The first-order valence-electron chi connectivity index (χ1n) is 11.7. The van der Waals surface area contributed by atoms with Crippen LogP contribution >= 0.6 is 0 Å². The molecule has 180 valence electrons. The van der Waals surface area contributed by atoms with Gasteiger partial charge < -0.3 is 10.1 Å². The molecule has 0 aromatic heterocycles. The molecular weight excluding hydrogens is 430 g/mol. The first-order chi connectivity index (χ1) is 16.5. The molecule has 0 aliphatic carbocycles. The third-order valence-corrected chi connectivity index (χ3v) is 5.95. The predicted octanol–water partition coefficient (Wildman–Crippen LogP) is 5.34. The van der Waals surface area contributed by atoms with Crippen LogP contribution in [0.5, 0.6) is 5.75 Å². The fourth-order valence-electron chi connectivity index (χ4n) is 3.85. The van der Waals surface area contributed by atoms with Gasteiger partial charge in [0.2, 0.25) is 12.2 Å². The number of hydrogen-bond acceptors (Lipinski definition) is 6. The van der Waals surface area contributed by atoms with E-state index < -0.39 is 6.09 Å². The van der Waals surface area contributed by atoms with Crippen molar-refractivity contribution in [1.82, 2.24) is 5.32 Å². The third kappa shape index (κ3) is 9.14. The van der Waals surface area contributed by atoms with E-state index in [4.69, 9.17) is 4.74 Å². The maximum Gasteiger partial charge on any atom is 0.412 e. The van der Waals surface area contributed by atoms with Gasteiger partial charge in [-0.3, -0.25) is 0 Å². The Labute approximate surface area is 201 Å². The Balaban J connectivity index is 1.76. The molecule has 0 spiro atoms. The number of nitrogens with zero attached hydrogens (tertiary/aromatic N) is 2. The van der Waals surface area contributed by atoms with Crippen molar-refractivity contribution in [1.29, 1.82) is 0 Å². The summed E-state index contributed by atoms with van der Waals surface area (Å²) in [7, 11) is 0. The Bertz CT molecular complexity index is 977. The molecule has 0 saturated carbocycles. The summed E-state index contributed by atoms with van der Waals surface area (Å²) in [6, 6.07) is 17.9. The highest BCUT2D eigenvalue weighted by molar-refractivity contribution is 5.70. The average Bonchev–Trinajstić information content (AvgIpc) is 2.85. The zero-order chi connectivity index (χ0) is 24.7. The first-order valence-corrected chi connectivity index (χ1v) is 11.7. The topological polar surface area (TPSA) is 97.2 Å². The number of unbranched alkanes of at least 4 members (excludes halogenated alkanes) is 1. The predicted molar refractivity (Wildman–Crippen MR) is 132 cm³/mol. The van der Waals surface area contributed by atoms with Gasteiger partial charge in [0.05, 0.1) is 13.1 Å². The van der Waals surface area contributed by atoms with Crippen molar-refractivity contribution in [3.05, 3.63) is 65.7 Å². The molecule has 7 nitrogen and oxygen atoms in total. The fourth-order valence-corrected chi connectivity index (χ4v) is 3.85. The van der Waals surface area contributed by atoms with E-state index in [-0.39, 0.29) is 11.3 Å². The van der Waals surface area contributed by atoms with E-state index in [9.17, 15) is 14.4 Å². The summed E-state index contributed by atoms with van der Waals surface area (Å²) in [4.78, 5) is 39.9. The molecule has 0 heterocycles. The molecule has 34 heavy (non-hydrogen) atoms. The smallest absolute Gasteiger partial charge is 0.410 e. The Hall–Kier alpha value is -3.53. The van der Waals surface area contributed by atoms with Crippen molar-refractivity contribution >= 4 is 18.3 Å². The molecule has 1 unspecified atom stereocenters. The summed E-state index contributed by atoms with van der Waals surface area (Å²) >= 11 is 0. The second-order valence-corrected chi connectivity index (χ2v) is 8.74. The number of hydrogen-bond donors (Lipinski definition) is 1. The molecular formula is C27H33N3O4. The van der Waals surface area contributed by atoms with Gasteiger partial charge in [-0.1, -0.05) is 62.7 Å². The van der Waals surface area contributed by atoms with E-state index >= 15 is 0 Å². The number of carbonyl (C=O) groups excluding carboxylic acids is 3. The summed E-state index contributed by atoms with van der Waals surface area (Å²) in [6.45, 7) is 5.67. The van der Waals surface area contributed by atoms with E-state index in [1.165, 1.54) is 11.6 Å². The van der Waals surface area contributed by atoms with Crippen LogP contribution in [0.3, 0.4) is 0 Å². The highest BCUT2D eigenvalue weighted by Crippen LogP contribution is 2.32. The van der Waals surface area contributed by atoms with E-state index in [1.807, 2.05) is 42.5 Å². The van der Waals surface area contributed by atoms with Crippen LogP contribution in [0.15, 0.2) is 64.6 Å². The Kier molecular flexibility index (Phi) is 11.5. The van der Waals surface area contributed by atoms with Crippen LogP contribution in [-0.4, -0.2) is 37.9 Å². The van der Waals surface area contributed by atoms with Crippen molar-refractivity contribution in [2.45, 2.75) is 51.4 Å². The molecule has 0 radical (unpaired) electrons. The van der Waals surface area contributed by atoms with Gasteiger partial charge >= 0.3 is 6.09 Å². The van der Waals surface area contributed by atoms with Crippen molar-refractivity contribution in [3.63, 3.8) is 0 Å². The lowest BCUT2D eigenvalue weighted by atomic mass is 9.78. The fraction of sp³-hybridized carbons (Fsp3) is 0.444. The number of benzene rings is 2. The van der Waals surface area contributed by atoms with Gasteiger partial charge in [-0.15, -0.1) is 0 Å². The molecule has 2 rings (SSSR count). The molecule has 0 bridgehead atoms. The maximum atomic E-state index is 12.2. The zero-order valence-electron chi connectivity index (χ0n) is 20.0. The number of nitrogens with one attached hydrogen (secondary N) is 1. The largest absolute Gasteiger partial charge is 0.412 e. The molecule has 0 saturated heterocycles. The van der Waals surface area contributed by atoms with E-state index in [2.05, 4.69) is 41.3 Å². The van der Waals surface area contributed by atoms with Gasteiger partial charge in [-0.05, 0) is 54.9 Å². The van der Waals surface area contributed by atoms with Crippen LogP contribution in [0.25, 0.3) is 0 Å². The number of amides is 1. The number of rotatable bonds is 14. The van der Waals surface area contributed by atoms with Crippen molar-refractivity contribution in [3.8, 4) is 5.75 Å². The minimum atomic E-state index is -0.496. The lowest BCUT2D eigenvalue weighted by molar-refractivity contribution is 0.200. The molecule has 7 heteroatoms. The normalized spacial score (nSPS) is 11.6. The third-order valence-electron chi connectivity index (χ3n) is 5.95. The van der Waals surface area contributed by atoms with E-state index in [0.717, 1.165) is 37.7 Å². The Morgan fingerprint density at radius 3 is 2.24 bits per heavy atom. The summed E-state index contributed by atoms with van der Waals surface area (Å²) in [6.07, 6.45) is 6.72. The highest BCUT2D eigenvalue weighted by atomic mass is 16.6. The van der Waals surface area contributed by atoms with Gasteiger partial charge in [-0.2, -0.15) is 0 Å². The Morgan fingerprint density at radius 2 is 1.56 bits per heavy atom. The van der Waals surface area contributed by atoms with Gasteiger partial charge in [0.1, 0.15) is 5.75 Å². The number of carbonyl (C=O) groups is 1. The molecule has 1 amide bonds. The van der Waals surface area contributed by atoms with Crippen LogP contribution in [0.4, 0.5) is 4.79 Å². The zero-order valence-corrected chi connectivity index (χ0v) is 20.0. The maximum absolute atomic E-state index is 12.2. The highest BCUT2D eigenvalue weighted by Gasteiger charge is 2.22. The molecule has 1 atom stereocenters. The molecule has 2 aromatic carbocycles. The van der Waals surface area contributed by atoms with Crippen molar-refractivity contribution in [2.75, 3.05) is 19.6 Å². The second kappa shape index (κ2) is 14.6. The Morgan fingerprint density at radius 1 is 0.912 bits per heavy atom. The molecule has 2 aromatic rings. The molecule has 0 aliphatic heterocycles. The molecule has 0 aliphatic rings. The summed E-state index contributed by atoms with van der Waals surface area (Å²) in [5, 5.41) is 2.77. The summed E-state index contributed by atoms with van der Waals surface area (Å²) < 4.78 is 5.40. The number of aliphatic imine (C=N–C) groups is 2. The number of ether oxygens (including phenoxy) is 1. The van der Waals surface area contributed by atoms with Crippen molar-refractivity contribution in [2.24, 2.45) is 15.9 Å². The monoisotopic (exact) mass is 463 g/mol. The average molecular weight is 464 g/mol. The van der Waals surface area contributed by atoms with Crippen LogP contribution in [0.2, 0.25) is 0 Å². The summed E-state index contributed by atoms with van der Waals surface area (Å²) in [5.74, 6) is 0.710. The van der Waals surface area contributed by atoms with Crippen LogP contribution < -0.4 is 10.1 Å². The quantitative estimate of drug-likeness (QED) is 0.232. The van der Waals surface area contributed by atoms with E-state index in [0.29, 0.717) is 25.4 Å². The minimum absolute atomic E-state index is 0.159. The molecule has 1 N–H and O–H groups in total. The van der Waals surface area contributed by atoms with Gasteiger partial charge in [0.25, 0.3) is 0 Å². The van der Waals surface area contributed by atoms with Gasteiger partial charge in [-0.25, -0.2) is 24.4 Å². The second-order valence-electron chi connectivity index (χ2n) is 8.74.